The van der Waals surface area contributed by atoms with Crippen LogP contribution in [0.1, 0.15) is 44.1 Å². The fourth-order valence-electron chi connectivity index (χ4n) is 5.38. The molecule has 5 nitrogen and oxygen atoms in total. The summed E-state index contributed by atoms with van der Waals surface area (Å²) in [6.45, 7) is 0.0834. The Hall–Kier alpha value is -1.91. The van der Waals surface area contributed by atoms with E-state index >= 15 is 0 Å². The van der Waals surface area contributed by atoms with Crippen molar-refractivity contribution in [2.24, 2.45) is 22.9 Å². The molecule has 4 aliphatic rings. The van der Waals surface area contributed by atoms with E-state index in [0.29, 0.717) is 11.3 Å². The number of amides is 1. The van der Waals surface area contributed by atoms with Gasteiger partial charge in [-0.15, -0.1) is 4.91 Å². The smallest absolute Gasteiger partial charge is 0.407 e. The second-order valence-corrected chi connectivity index (χ2v) is 7.62. The lowest BCUT2D eigenvalue weighted by molar-refractivity contribution is -0.0195. The van der Waals surface area contributed by atoms with E-state index in [1.807, 2.05) is 6.07 Å². The Morgan fingerprint density at radius 1 is 1.13 bits per heavy atom. The lowest BCUT2D eigenvalue weighted by atomic mass is 9.53. The lowest BCUT2D eigenvalue weighted by Crippen LogP contribution is -2.59. The third-order valence-electron chi connectivity index (χ3n) is 5.85. The Labute approximate surface area is 135 Å². The van der Waals surface area contributed by atoms with Crippen LogP contribution in [0.3, 0.4) is 0 Å². The van der Waals surface area contributed by atoms with Gasteiger partial charge in [-0.1, -0.05) is 18.2 Å². The minimum atomic E-state index is -0.368. The van der Waals surface area contributed by atoms with Crippen molar-refractivity contribution in [1.82, 2.24) is 5.32 Å². The highest BCUT2D eigenvalue weighted by Gasteiger charge is 2.51. The first-order valence-corrected chi connectivity index (χ1v) is 8.52. The number of alkyl carbamates (subject to hydrolysis) is 1. The number of hydrogen-bond donors (Lipinski definition) is 1. The molecule has 4 fully saturated rings. The fourth-order valence-corrected chi connectivity index (χ4v) is 5.38. The SMILES string of the molecule is O=Nc1ccccc1COC(=O)NC12CC3CC(CC(C3)C1)C2. The molecule has 1 aromatic carbocycles. The number of carbonyl (C=O) groups excluding carboxylic acids is 1. The van der Waals surface area contributed by atoms with Crippen molar-refractivity contribution in [3.8, 4) is 0 Å². The molecule has 0 aliphatic heterocycles. The zero-order chi connectivity index (χ0) is 15.9. The number of nitroso groups, excluding NO2 is 1. The van der Waals surface area contributed by atoms with E-state index in [2.05, 4.69) is 10.5 Å². The van der Waals surface area contributed by atoms with E-state index in [1.54, 1.807) is 18.2 Å². The third kappa shape index (κ3) is 2.84. The normalized spacial score (nSPS) is 34.2. The molecule has 4 aliphatic carbocycles. The van der Waals surface area contributed by atoms with Crippen molar-refractivity contribution in [1.29, 1.82) is 0 Å². The minimum absolute atomic E-state index is 0.0474. The van der Waals surface area contributed by atoms with Crippen LogP contribution >= 0.6 is 0 Å². The first-order chi connectivity index (χ1) is 11.2. The largest absolute Gasteiger partial charge is 0.445 e. The van der Waals surface area contributed by atoms with Gasteiger partial charge in [0, 0.05) is 11.1 Å². The van der Waals surface area contributed by atoms with Crippen LogP contribution in [-0.4, -0.2) is 11.6 Å². The molecule has 0 aromatic heterocycles. The maximum absolute atomic E-state index is 12.3. The van der Waals surface area contributed by atoms with E-state index in [1.165, 1.54) is 19.3 Å². The molecular formula is C18H22N2O3. The first kappa shape index (κ1) is 14.7. The van der Waals surface area contributed by atoms with E-state index in [-0.39, 0.29) is 18.2 Å². The van der Waals surface area contributed by atoms with Gasteiger partial charge in [0.2, 0.25) is 0 Å². The van der Waals surface area contributed by atoms with Gasteiger partial charge in [-0.2, -0.15) is 0 Å². The molecule has 4 saturated carbocycles. The summed E-state index contributed by atoms with van der Waals surface area (Å²) in [4.78, 5) is 23.0. The maximum atomic E-state index is 12.3. The number of rotatable bonds is 4. The summed E-state index contributed by atoms with van der Waals surface area (Å²) < 4.78 is 5.36. The summed E-state index contributed by atoms with van der Waals surface area (Å²) in [5, 5.41) is 6.13. The molecule has 122 valence electrons. The fraction of sp³-hybridized carbons (Fsp3) is 0.611. The molecule has 0 spiro atoms. The lowest BCUT2D eigenvalue weighted by Gasteiger charge is -2.56. The van der Waals surface area contributed by atoms with E-state index in [9.17, 15) is 9.70 Å². The average Bonchev–Trinajstić information content (AvgIpc) is 2.51. The molecule has 1 aromatic rings. The second kappa shape index (κ2) is 5.62. The van der Waals surface area contributed by atoms with E-state index in [4.69, 9.17) is 4.74 Å². The van der Waals surface area contributed by atoms with Crippen molar-refractivity contribution >= 4 is 11.8 Å². The monoisotopic (exact) mass is 314 g/mol. The van der Waals surface area contributed by atoms with Crippen molar-refractivity contribution in [3.05, 3.63) is 34.7 Å². The average molecular weight is 314 g/mol. The van der Waals surface area contributed by atoms with Gasteiger partial charge in [-0.25, -0.2) is 4.79 Å². The van der Waals surface area contributed by atoms with Crippen LogP contribution in [0.25, 0.3) is 0 Å². The van der Waals surface area contributed by atoms with Gasteiger partial charge in [-0.05, 0) is 67.5 Å². The molecule has 1 amide bonds. The van der Waals surface area contributed by atoms with Crippen LogP contribution in [0.2, 0.25) is 0 Å². The topological polar surface area (TPSA) is 67.8 Å². The summed E-state index contributed by atoms with van der Waals surface area (Å²) in [5.74, 6) is 2.34. The van der Waals surface area contributed by atoms with Crippen molar-refractivity contribution < 1.29 is 9.53 Å². The first-order valence-electron chi connectivity index (χ1n) is 8.52. The Balaban J connectivity index is 1.38. The molecule has 5 rings (SSSR count). The molecule has 1 N–H and O–H groups in total. The summed E-state index contributed by atoms with van der Waals surface area (Å²) in [6, 6.07) is 6.94. The third-order valence-corrected chi connectivity index (χ3v) is 5.85. The molecule has 0 saturated heterocycles. The second-order valence-electron chi connectivity index (χ2n) is 7.62. The number of carbonyl (C=O) groups is 1. The van der Waals surface area contributed by atoms with Crippen LogP contribution in [0.4, 0.5) is 10.5 Å². The molecular weight excluding hydrogens is 292 g/mol. The van der Waals surface area contributed by atoms with Gasteiger partial charge in [0.1, 0.15) is 12.3 Å². The van der Waals surface area contributed by atoms with Gasteiger partial charge in [0.05, 0.1) is 0 Å². The van der Waals surface area contributed by atoms with Gasteiger partial charge < -0.3 is 10.1 Å². The Bertz CT molecular complexity index is 593. The molecule has 23 heavy (non-hydrogen) atoms. The van der Waals surface area contributed by atoms with Crippen LogP contribution < -0.4 is 5.32 Å². The summed E-state index contributed by atoms with van der Waals surface area (Å²) in [6.07, 6.45) is 6.95. The highest BCUT2D eigenvalue weighted by molar-refractivity contribution is 5.68. The van der Waals surface area contributed by atoms with Crippen molar-refractivity contribution in [2.75, 3.05) is 0 Å². The van der Waals surface area contributed by atoms with E-state index in [0.717, 1.165) is 37.0 Å². The van der Waals surface area contributed by atoms with E-state index < -0.39 is 0 Å². The number of ether oxygens (including phenoxy) is 1. The number of nitrogens with zero attached hydrogens (tertiary/aromatic N) is 1. The minimum Gasteiger partial charge on any atom is -0.445 e. The Kier molecular flexibility index (Phi) is 3.58. The van der Waals surface area contributed by atoms with Crippen molar-refractivity contribution in [2.45, 2.75) is 50.7 Å². The van der Waals surface area contributed by atoms with Gasteiger partial charge in [0.25, 0.3) is 0 Å². The number of benzene rings is 1. The zero-order valence-corrected chi connectivity index (χ0v) is 13.2. The highest BCUT2D eigenvalue weighted by Crippen LogP contribution is 2.55. The Morgan fingerprint density at radius 2 is 1.74 bits per heavy atom. The van der Waals surface area contributed by atoms with Gasteiger partial charge in [-0.3, -0.25) is 0 Å². The van der Waals surface area contributed by atoms with Crippen molar-refractivity contribution in [3.63, 3.8) is 0 Å². The summed E-state index contributed by atoms with van der Waals surface area (Å²) in [5.41, 5.74) is 0.923. The molecule has 0 heterocycles. The van der Waals surface area contributed by atoms with Gasteiger partial charge in [0.15, 0.2) is 0 Å². The quantitative estimate of drug-likeness (QED) is 0.843. The molecule has 5 heteroatoms. The van der Waals surface area contributed by atoms with Crippen LogP contribution in [0.15, 0.2) is 29.4 Å². The van der Waals surface area contributed by atoms with Crippen LogP contribution in [-0.2, 0) is 11.3 Å². The zero-order valence-electron chi connectivity index (χ0n) is 13.2. The summed E-state index contributed by atoms with van der Waals surface area (Å²) in [7, 11) is 0. The highest BCUT2D eigenvalue weighted by atomic mass is 16.5. The number of hydrogen-bond acceptors (Lipinski definition) is 4. The number of nitrogens with one attached hydrogen (secondary N) is 1. The Morgan fingerprint density at radius 3 is 2.35 bits per heavy atom. The van der Waals surface area contributed by atoms with Gasteiger partial charge >= 0.3 is 6.09 Å². The van der Waals surface area contributed by atoms with Crippen LogP contribution in [0, 0.1) is 22.7 Å². The maximum Gasteiger partial charge on any atom is 0.407 e. The predicted molar refractivity (Wildman–Crippen MR) is 86.1 cm³/mol. The molecule has 0 unspecified atom stereocenters. The standard InChI is InChI=1S/C18H22N2O3/c21-17(23-11-15-3-1-2-4-16(15)20-22)19-18-8-12-5-13(9-18)7-14(6-12)10-18/h1-4,12-14H,5-11H2,(H,19,21). The molecule has 0 radical (unpaired) electrons. The molecule has 4 bridgehead atoms. The predicted octanol–water partition coefficient (Wildman–Crippen LogP) is 4.28. The van der Waals surface area contributed by atoms with Crippen LogP contribution in [0.5, 0.6) is 0 Å². The molecule has 0 atom stereocenters. The summed E-state index contributed by atoms with van der Waals surface area (Å²) >= 11 is 0.